The van der Waals surface area contributed by atoms with Gasteiger partial charge in [-0.25, -0.2) is 9.59 Å². The average molecular weight is 272 g/mol. The first-order valence-corrected chi connectivity index (χ1v) is 5.77. The normalized spacial score (nSPS) is 9.90. The predicted octanol–water partition coefficient (Wildman–Crippen LogP) is 1.72. The number of aromatic nitrogens is 2. The Labute approximate surface area is 115 Å². The molecule has 0 aliphatic rings. The molecule has 2 rings (SSSR count). The third kappa shape index (κ3) is 2.64. The number of methoxy groups -OCH3 is 2. The number of hydrogen-bond donors (Lipinski definition) is 0. The van der Waals surface area contributed by atoms with Crippen LogP contribution in [0, 0.1) is 0 Å². The molecule has 0 saturated heterocycles. The lowest BCUT2D eigenvalue weighted by Gasteiger charge is -2.07. The van der Waals surface area contributed by atoms with Crippen LogP contribution in [0.3, 0.4) is 0 Å². The lowest BCUT2D eigenvalue weighted by Crippen LogP contribution is -2.15. The van der Waals surface area contributed by atoms with E-state index >= 15 is 0 Å². The molecule has 0 amide bonds. The molecule has 102 valence electrons. The molecule has 20 heavy (non-hydrogen) atoms. The summed E-state index contributed by atoms with van der Waals surface area (Å²) in [6.45, 7) is 0. The lowest BCUT2D eigenvalue weighted by molar-refractivity contribution is 0.0548. The second-order valence-corrected chi connectivity index (χ2v) is 3.84. The predicted molar refractivity (Wildman–Crippen MR) is 70.1 cm³/mol. The number of esters is 2. The summed E-state index contributed by atoms with van der Waals surface area (Å²) in [6.07, 6.45) is 0. The topological polar surface area (TPSA) is 78.4 Å². The van der Waals surface area contributed by atoms with Crippen molar-refractivity contribution in [3.63, 3.8) is 0 Å². The van der Waals surface area contributed by atoms with Gasteiger partial charge in [-0.15, -0.1) is 10.2 Å². The minimum absolute atomic E-state index is 0.0215. The number of benzene rings is 1. The molecular formula is C14H12N2O4. The Morgan fingerprint density at radius 2 is 1.60 bits per heavy atom. The van der Waals surface area contributed by atoms with Gasteiger partial charge in [-0.1, -0.05) is 30.3 Å². The zero-order valence-electron chi connectivity index (χ0n) is 11.0. The Morgan fingerprint density at radius 3 is 2.20 bits per heavy atom. The second kappa shape index (κ2) is 5.92. The molecule has 0 aliphatic heterocycles. The third-order valence-corrected chi connectivity index (χ3v) is 2.65. The first-order valence-electron chi connectivity index (χ1n) is 5.77. The summed E-state index contributed by atoms with van der Waals surface area (Å²) in [5.41, 5.74) is 1.10. The molecule has 0 aliphatic carbocycles. The Morgan fingerprint density at radius 1 is 0.950 bits per heavy atom. The van der Waals surface area contributed by atoms with Crippen LogP contribution in [0.5, 0.6) is 0 Å². The van der Waals surface area contributed by atoms with Crippen LogP contribution in [0.2, 0.25) is 0 Å². The summed E-state index contributed by atoms with van der Waals surface area (Å²) >= 11 is 0. The Balaban J connectivity index is 2.54. The van der Waals surface area contributed by atoms with E-state index in [2.05, 4.69) is 19.7 Å². The first kappa shape index (κ1) is 13.7. The van der Waals surface area contributed by atoms with Gasteiger partial charge in [0, 0.05) is 5.56 Å². The zero-order valence-corrected chi connectivity index (χ0v) is 11.0. The van der Waals surface area contributed by atoms with E-state index in [-0.39, 0.29) is 11.3 Å². The minimum Gasteiger partial charge on any atom is -0.465 e. The fraction of sp³-hybridized carbons (Fsp3) is 0.143. The molecule has 0 atom stereocenters. The van der Waals surface area contributed by atoms with E-state index in [4.69, 9.17) is 0 Å². The largest absolute Gasteiger partial charge is 0.465 e. The highest BCUT2D eigenvalue weighted by Gasteiger charge is 2.22. The van der Waals surface area contributed by atoms with Gasteiger partial charge in [0.2, 0.25) is 0 Å². The van der Waals surface area contributed by atoms with Crippen molar-refractivity contribution in [1.82, 2.24) is 10.2 Å². The zero-order chi connectivity index (χ0) is 14.5. The molecule has 0 fully saturated rings. The van der Waals surface area contributed by atoms with E-state index in [1.54, 1.807) is 0 Å². The van der Waals surface area contributed by atoms with Gasteiger partial charge in [-0.2, -0.15) is 0 Å². The molecule has 0 unspecified atom stereocenters. The molecule has 0 saturated carbocycles. The quantitative estimate of drug-likeness (QED) is 0.791. The summed E-state index contributed by atoms with van der Waals surface area (Å²) in [5, 5.41) is 7.71. The van der Waals surface area contributed by atoms with Crippen LogP contribution in [-0.4, -0.2) is 36.4 Å². The Bertz CT molecular complexity index is 641. The van der Waals surface area contributed by atoms with Gasteiger partial charge in [0.1, 0.15) is 0 Å². The highest BCUT2D eigenvalue weighted by atomic mass is 16.5. The highest BCUT2D eigenvalue weighted by Crippen LogP contribution is 2.19. The molecular weight excluding hydrogens is 260 g/mol. The van der Waals surface area contributed by atoms with E-state index in [1.165, 1.54) is 20.3 Å². The molecule has 0 spiro atoms. The van der Waals surface area contributed by atoms with E-state index in [0.717, 1.165) is 5.56 Å². The summed E-state index contributed by atoms with van der Waals surface area (Å²) in [6, 6.07) is 10.6. The van der Waals surface area contributed by atoms with Crippen molar-refractivity contribution >= 4 is 11.9 Å². The maximum Gasteiger partial charge on any atom is 0.359 e. The first-order chi connectivity index (χ1) is 9.67. The highest BCUT2D eigenvalue weighted by molar-refractivity contribution is 6.02. The van der Waals surface area contributed by atoms with E-state index in [0.29, 0.717) is 5.69 Å². The summed E-state index contributed by atoms with van der Waals surface area (Å²) < 4.78 is 9.22. The van der Waals surface area contributed by atoms with Crippen LogP contribution < -0.4 is 0 Å². The van der Waals surface area contributed by atoms with Gasteiger partial charge < -0.3 is 9.47 Å². The number of ether oxygens (including phenoxy) is 2. The van der Waals surface area contributed by atoms with Crippen molar-refractivity contribution in [3.8, 4) is 11.3 Å². The SMILES string of the molecule is COC(=O)c1cc(-c2ccccc2)nnc1C(=O)OC. The summed E-state index contributed by atoms with van der Waals surface area (Å²) in [5.74, 6) is -1.41. The van der Waals surface area contributed by atoms with E-state index < -0.39 is 11.9 Å². The summed E-state index contributed by atoms with van der Waals surface area (Å²) in [7, 11) is 2.43. The Hall–Kier alpha value is -2.76. The standard InChI is InChI=1S/C14H12N2O4/c1-19-13(17)10-8-11(9-6-4-3-5-7-9)15-16-12(10)14(18)20-2/h3-8H,1-2H3. The lowest BCUT2D eigenvalue weighted by atomic mass is 10.1. The molecule has 1 aromatic carbocycles. The van der Waals surface area contributed by atoms with Crippen molar-refractivity contribution in [2.24, 2.45) is 0 Å². The number of nitrogens with zero attached hydrogens (tertiary/aromatic N) is 2. The van der Waals surface area contributed by atoms with Crippen LogP contribution in [-0.2, 0) is 9.47 Å². The van der Waals surface area contributed by atoms with Gasteiger partial charge in [0.05, 0.1) is 25.5 Å². The van der Waals surface area contributed by atoms with Crippen LogP contribution in [0.1, 0.15) is 20.8 Å². The van der Waals surface area contributed by atoms with Crippen LogP contribution >= 0.6 is 0 Å². The van der Waals surface area contributed by atoms with Gasteiger partial charge in [-0.3, -0.25) is 0 Å². The van der Waals surface area contributed by atoms with Crippen LogP contribution in [0.15, 0.2) is 36.4 Å². The fourth-order valence-electron chi connectivity index (χ4n) is 1.65. The van der Waals surface area contributed by atoms with Crippen molar-refractivity contribution in [2.45, 2.75) is 0 Å². The van der Waals surface area contributed by atoms with Gasteiger partial charge in [0.25, 0.3) is 0 Å². The summed E-state index contributed by atoms with van der Waals surface area (Å²) in [4.78, 5) is 23.3. The monoisotopic (exact) mass is 272 g/mol. The molecule has 0 N–H and O–H groups in total. The third-order valence-electron chi connectivity index (χ3n) is 2.65. The number of carbonyl (C=O) groups excluding carboxylic acids is 2. The number of carbonyl (C=O) groups is 2. The van der Waals surface area contributed by atoms with E-state index in [1.807, 2.05) is 30.3 Å². The molecule has 2 aromatic rings. The molecule has 6 nitrogen and oxygen atoms in total. The van der Waals surface area contributed by atoms with Gasteiger partial charge >= 0.3 is 11.9 Å². The van der Waals surface area contributed by atoms with E-state index in [9.17, 15) is 9.59 Å². The van der Waals surface area contributed by atoms with Crippen molar-refractivity contribution < 1.29 is 19.1 Å². The Kier molecular flexibility index (Phi) is 4.05. The molecule has 6 heteroatoms. The minimum atomic E-state index is -0.738. The number of hydrogen-bond acceptors (Lipinski definition) is 6. The van der Waals surface area contributed by atoms with Crippen molar-refractivity contribution in [1.29, 1.82) is 0 Å². The molecule has 0 radical (unpaired) electrons. The van der Waals surface area contributed by atoms with Gasteiger partial charge in [0.15, 0.2) is 5.69 Å². The fourth-order valence-corrected chi connectivity index (χ4v) is 1.65. The second-order valence-electron chi connectivity index (χ2n) is 3.84. The molecule has 0 bridgehead atoms. The average Bonchev–Trinajstić information content (AvgIpc) is 2.53. The maximum atomic E-state index is 11.7. The molecule has 1 aromatic heterocycles. The smallest absolute Gasteiger partial charge is 0.359 e. The van der Waals surface area contributed by atoms with Crippen LogP contribution in [0.25, 0.3) is 11.3 Å². The van der Waals surface area contributed by atoms with Crippen molar-refractivity contribution in [2.75, 3.05) is 14.2 Å². The van der Waals surface area contributed by atoms with Gasteiger partial charge in [-0.05, 0) is 6.07 Å². The van der Waals surface area contributed by atoms with Crippen molar-refractivity contribution in [3.05, 3.63) is 47.7 Å². The maximum absolute atomic E-state index is 11.7. The number of rotatable bonds is 3. The van der Waals surface area contributed by atoms with Crippen LogP contribution in [0.4, 0.5) is 0 Å². The molecule has 1 heterocycles.